The predicted octanol–water partition coefficient (Wildman–Crippen LogP) is 0.757. The highest BCUT2D eigenvalue weighted by atomic mass is 16.5. The van der Waals surface area contributed by atoms with Crippen molar-refractivity contribution in [3.8, 4) is 0 Å². The third-order valence-corrected chi connectivity index (χ3v) is 2.18. The monoisotopic (exact) mass is 212 g/mol. The Morgan fingerprint density at radius 3 is 2.67 bits per heavy atom. The van der Waals surface area contributed by atoms with Crippen LogP contribution in [-0.4, -0.2) is 29.6 Å². The maximum Gasteiger partial charge on any atom is 0.345 e. The topological polar surface area (TPSA) is 84.9 Å². The number of nitrogens with two attached hydrogens (primary N) is 1. The molecule has 1 heterocycles. The Hall–Kier alpha value is -1.52. The first-order valence-corrected chi connectivity index (χ1v) is 4.92. The van der Waals surface area contributed by atoms with Crippen molar-refractivity contribution < 1.29 is 14.6 Å². The molecule has 0 amide bonds. The first-order chi connectivity index (χ1) is 6.99. The molecule has 1 atom stereocenters. The molecule has 0 spiro atoms. The number of aliphatic hydroxyl groups excluding tert-OH is 1. The molecule has 1 rings (SSSR count). The molecule has 5 nitrogen and oxygen atoms in total. The van der Waals surface area contributed by atoms with Crippen LogP contribution in [0.3, 0.4) is 0 Å². The number of esters is 1. The number of aliphatic imine (C=N–C) groups is 1. The first kappa shape index (κ1) is 11.6. The van der Waals surface area contributed by atoms with E-state index < -0.39 is 12.0 Å². The largest absolute Gasteiger partial charge is 0.509 e. The molecule has 0 radical (unpaired) electrons. The lowest BCUT2D eigenvalue weighted by Crippen LogP contribution is -2.21. The van der Waals surface area contributed by atoms with Gasteiger partial charge in [0.25, 0.3) is 0 Å². The van der Waals surface area contributed by atoms with Crippen LogP contribution in [0.1, 0.15) is 20.8 Å². The average molecular weight is 212 g/mol. The van der Waals surface area contributed by atoms with Crippen molar-refractivity contribution in [2.24, 2.45) is 16.6 Å². The smallest absolute Gasteiger partial charge is 0.345 e. The maximum atomic E-state index is 11.4. The van der Waals surface area contributed by atoms with Crippen LogP contribution < -0.4 is 5.73 Å². The summed E-state index contributed by atoms with van der Waals surface area (Å²) < 4.78 is 4.78. The summed E-state index contributed by atoms with van der Waals surface area (Å²) in [5.74, 6) is -0.541. The van der Waals surface area contributed by atoms with E-state index in [1.807, 2.05) is 13.8 Å². The summed E-state index contributed by atoms with van der Waals surface area (Å²) in [6.45, 7) is 5.73. The number of carbonyl (C=O) groups is 1. The third-order valence-electron chi connectivity index (χ3n) is 2.18. The number of carbonyl (C=O) groups excluding carboxylic acids is 1. The summed E-state index contributed by atoms with van der Waals surface area (Å²) >= 11 is 0. The molecule has 5 heteroatoms. The number of rotatable bonds is 3. The van der Waals surface area contributed by atoms with E-state index in [4.69, 9.17) is 10.5 Å². The highest BCUT2D eigenvalue weighted by Gasteiger charge is 2.33. The second-order valence-electron chi connectivity index (χ2n) is 3.68. The lowest BCUT2D eigenvalue weighted by molar-refractivity contribution is -0.138. The van der Waals surface area contributed by atoms with E-state index in [0.29, 0.717) is 0 Å². The molecule has 0 saturated heterocycles. The van der Waals surface area contributed by atoms with Crippen LogP contribution in [0.15, 0.2) is 16.3 Å². The first-order valence-electron chi connectivity index (χ1n) is 4.92. The standard InChI is InChI=1S/C10H16N2O3/c1-4-15-10(14)6-8(13)7(5(2)3)12-9(6)11/h5,7,13H,4H2,1-3H3,(H2,11,12). The van der Waals surface area contributed by atoms with Gasteiger partial charge in [-0.05, 0) is 12.8 Å². The molecule has 15 heavy (non-hydrogen) atoms. The minimum Gasteiger partial charge on any atom is -0.509 e. The van der Waals surface area contributed by atoms with Gasteiger partial charge in [-0.1, -0.05) is 13.8 Å². The lowest BCUT2D eigenvalue weighted by Gasteiger charge is -2.11. The Bertz CT molecular complexity index is 332. The normalized spacial score (nSPS) is 20.8. The zero-order valence-electron chi connectivity index (χ0n) is 9.15. The minimum atomic E-state index is -0.612. The fourth-order valence-corrected chi connectivity index (χ4v) is 1.43. The van der Waals surface area contributed by atoms with E-state index >= 15 is 0 Å². The van der Waals surface area contributed by atoms with Crippen LogP contribution in [0.2, 0.25) is 0 Å². The molecule has 0 fully saturated rings. The van der Waals surface area contributed by atoms with Crippen LogP contribution in [0, 0.1) is 5.92 Å². The molecule has 0 saturated carbocycles. The molecule has 0 bridgehead atoms. The van der Waals surface area contributed by atoms with Crippen LogP contribution in [0.4, 0.5) is 0 Å². The Morgan fingerprint density at radius 2 is 2.27 bits per heavy atom. The van der Waals surface area contributed by atoms with Gasteiger partial charge in [-0.25, -0.2) is 4.79 Å². The molecular weight excluding hydrogens is 196 g/mol. The summed E-state index contributed by atoms with van der Waals surface area (Å²) in [6.07, 6.45) is 0. The van der Waals surface area contributed by atoms with Crippen molar-refractivity contribution in [1.29, 1.82) is 0 Å². The third kappa shape index (κ3) is 2.11. The molecule has 0 aliphatic carbocycles. The fraction of sp³-hybridized carbons (Fsp3) is 0.600. The maximum absolute atomic E-state index is 11.4. The van der Waals surface area contributed by atoms with Crippen molar-refractivity contribution >= 4 is 11.8 Å². The van der Waals surface area contributed by atoms with Crippen molar-refractivity contribution in [3.63, 3.8) is 0 Å². The van der Waals surface area contributed by atoms with Crippen molar-refractivity contribution in [2.75, 3.05) is 6.61 Å². The Labute approximate surface area is 88.6 Å². The summed E-state index contributed by atoms with van der Waals surface area (Å²) in [5.41, 5.74) is 5.57. The highest BCUT2D eigenvalue weighted by Crippen LogP contribution is 2.24. The zero-order valence-corrected chi connectivity index (χ0v) is 9.15. The van der Waals surface area contributed by atoms with E-state index in [9.17, 15) is 9.90 Å². The van der Waals surface area contributed by atoms with Gasteiger partial charge in [0.15, 0.2) is 0 Å². The second-order valence-corrected chi connectivity index (χ2v) is 3.68. The highest BCUT2D eigenvalue weighted by molar-refractivity contribution is 6.20. The van der Waals surface area contributed by atoms with Gasteiger partial charge in [-0.3, -0.25) is 4.99 Å². The van der Waals surface area contributed by atoms with E-state index in [2.05, 4.69) is 4.99 Å². The minimum absolute atomic E-state index is 0.00977. The molecule has 0 aromatic rings. The Balaban J connectivity index is 2.97. The molecule has 1 aliphatic heterocycles. The number of aliphatic hydroxyl groups is 1. The molecular formula is C10H16N2O3. The van der Waals surface area contributed by atoms with Crippen molar-refractivity contribution in [1.82, 2.24) is 0 Å². The van der Waals surface area contributed by atoms with Crippen LogP contribution >= 0.6 is 0 Å². The summed E-state index contributed by atoms with van der Waals surface area (Å²) in [5, 5.41) is 9.77. The number of hydrogen-bond acceptors (Lipinski definition) is 5. The quantitative estimate of drug-likeness (QED) is 0.676. The second kappa shape index (κ2) is 4.33. The van der Waals surface area contributed by atoms with Gasteiger partial charge >= 0.3 is 5.97 Å². The van der Waals surface area contributed by atoms with E-state index in [1.54, 1.807) is 6.92 Å². The van der Waals surface area contributed by atoms with Gasteiger partial charge in [0.2, 0.25) is 0 Å². The van der Waals surface area contributed by atoms with Gasteiger partial charge < -0.3 is 15.6 Å². The van der Waals surface area contributed by atoms with Crippen molar-refractivity contribution in [3.05, 3.63) is 11.3 Å². The van der Waals surface area contributed by atoms with E-state index in [1.165, 1.54) is 0 Å². The Kier molecular flexibility index (Phi) is 3.34. The SMILES string of the molecule is CCOC(=O)C1=C(O)C(C(C)C)N=C1N. The lowest BCUT2D eigenvalue weighted by atomic mass is 10.0. The van der Waals surface area contributed by atoms with Gasteiger partial charge in [-0.15, -0.1) is 0 Å². The average Bonchev–Trinajstić information content (AvgIpc) is 2.42. The summed E-state index contributed by atoms with van der Waals surface area (Å²) in [6, 6.07) is -0.426. The number of amidine groups is 1. The van der Waals surface area contributed by atoms with Gasteiger partial charge in [-0.2, -0.15) is 0 Å². The van der Waals surface area contributed by atoms with Crippen LogP contribution in [0.5, 0.6) is 0 Å². The predicted molar refractivity (Wildman–Crippen MR) is 56.5 cm³/mol. The molecule has 84 valence electrons. The van der Waals surface area contributed by atoms with Gasteiger partial charge in [0.1, 0.15) is 23.2 Å². The van der Waals surface area contributed by atoms with Crippen molar-refractivity contribution in [2.45, 2.75) is 26.8 Å². The molecule has 1 aliphatic rings. The summed E-state index contributed by atoms with van der Waals surface area (Å²) in [7, 11) is 0. The van der Waals surface area contributed by atoms with Crippen LogP contribution in [-0.2, 0) is 9.53 Å². The summed E-state index contributed by atoms with van der Waals surface area (Å²) in [4.78, 5) is 15.5. The molecule has 0 aromatic carbocycles. The fourth-order valence-electron chi connectivity index (χ4n) is 1.43. The number of ether oxygens (including phenoxy) is 1. The van der Waals surface area contributed by atoms with Gasteiger partial charge in [0, 0.05) is 0 Å². The van der Waals surface area contributed by atoms with Gasteiger partial charge in [0.05, 0.1) is 6.61 Å². The Morgan fingerprint density at radius 1 is 1.67 bits per heavy atom. The van der Waals surface area contributed by atoms with E-state index in [0.717, 1.165) is 0 Å². The number of nitrogens with zero attached hydrogens (tertiary/aromatic N) is 1. The molecule has 1 unspecified atom stereocenters. The van der Waals surface area contributed by atoms with Crippen LogP contribution in [0.25, 0.3) is 0 Å². The van der Waals surface area contributed by atoms with E-state index in [-0.39, 0.29) is 29.7 Å². The molecule has 3 N–H and O–H groups in total. The zero-order chi connectivity index (χ0) is 11.6. The molecule has 0 aromatic heterocycles. The number of hydrogen-bond donors (Lipinski definition) is 2.